The first-order valence-electron chi connectivity index (χ1n) is 8.68. The molecule has 0 aliphatic rings. The van der Waals surface area contributed by atoms with Crippen molar-refractivity contribution >= 4 is 35.0 Å². The quantitative estimate of drug-likeness (QED) is 0.486. The van der Waals surface area contributed by atoms with Crippen molar-refractivity contribution in [3.05, 3.63) is 69.7 Å². The van der Waals surface area contributed by atoms with E-state index in [4.69, 9.17) is 28.3 Å². The molecular formula is C20H25Cl2NO2S. The molecule has 0 bridgehead atoms. The van der Waals surface area contributed by atoms with Gasteiger partial charge >= 0.3 is 0 Å². The van der Waals surface area contributed by atoms with Crippen molar-refractivity contribution in [2.75, 3.05) is 18.1 Å². The Balaban J connectivity index is 2.24. The van der Waals surface area contributed by atoms with Gasteiger partial charge in [-0.1, -0.05) is 54.4 Å². The van der Waals surface area contributed by atoms with E-state index in [1.807, 2.05) is 36.4 Å². The van der Waals surface area contributed by atoms with Gasteiger partial charge in [-0.05, 0) is 41.8 Å². The summed E-state index contributed by atoms with van der Waals surface area (Å²) in [4.78, 5) is 0. The van der Waals surface area contributed by atoms with Crippen LogP contribution in [0.1, 0.15) is 36.6 Å². The topological polar surface area (TPSA) is 52.5 Å². The van der Waals surface area contributed by atoms with Gasteiger partial charge in [-0.2, -0.15) is 11.8 Å². The van der Waals surface area contributed by atoms with E-state index in [1.165, 1.54) is 0 Å². The minimum atomic E-state index is -0.744. The highest BCUT2D eigenvalue weighted by Crippen LogP contribution is 2.31. The molecular weight excluding hydrogens is 389 g/mol. The molecule has 0 aliphatic heterocycles. The van der Waals surface area contributed by atoms with Crippen LogP contribution in [0, 0.1) is 0 Å². The lowest BCUT2D eigenvalue weighted by Crippen LogP contribution is -2.37. The zero-order valence-corrected chi connectivity index (χ0v) is 17.1. The summed E-state index contributed by atoms with van der Waals surface area (Å²) in [5.74, 6) is 1.57. The van der Waals surface area contributed by atoms with Crippen LogP contribution in [0.2, 0.25) is 10.0 Å². The second kappa shape index (κ2) is 11.2. The minimum absolute atomic E-state index is 0.173. The van der Waals surface area contributed by atoms with Gasteiger partial charge < -0.3 is 15.5 Å². The van der Waals surface area contributed by atoms with Crippen molar-refractivity contribution in [1.82, 2.24) is 5.32 Å². The first-order valence-corrected chi connectivity index (χ1v) is 10.6. The molecule has 0 spiro atoms. The molecule has 0 saturated carbocycles. The molecule has 3 atom stereocenters. The van der Waals surface area contributed by atoms with Gasteiger partial charge in [0.15, 0.2) is 0 Å². The fourth-order valence-electron chi connectivity index (χ4n) is 2.75. The molecule has 2 aromatic carbocycles. The van der Waals surface area contributed by atoms with Gasteiger partial charge in [0.05, 0.1) is 18.8 Å². The van der Waals surface area contributed by atoms with E-state index in [0.717, 1.165) is 23.3 Å². The van der Waals surface area contributed by atoms with E-state index < -0.39 is 6.10 Å². The van der Waals surface area contributed by atoms with Gasteiger partial charge in [0.25, 0.3) is 0 Å². The molecule has 0 fully saturated rings. The molecule has 0 radical (unpaired) electrons. The van der Waals surface area contributed by atoms with Crippen LogP contribution in [-0.2, 0) is 0 Å². The lowest BCUT2D eigenvalue weighted by Gasteiger charge is -2.29. The number of hydrogen-bond acceptors (Lipinski definition) is 4. The molecule has 6 heteroatoms. The molecule has 3 unspecified atom stereocenters. The van der Waals surface area contributed by atoms with Crippen molar-refractivity contribution in [1.29, 1.82) is 0 Å². The molecule has 2 rings (SSSR count). The predicted octanol–water partition coefficient (Wildman–Crippen LogP) is 4.86. The van der Waals surface area contributed by atoms with Crippen LogP contribution in [0.4, 0.5) is 0 Å². The maximum absolute atomic E-state index is 11.0. The lowest BCUT2D eigenvalue weighted by atomic mass is 9.95. The van der Waals surface area contributed by atoms with Crippen LogP contribution in [0.5, 0.6) is 0 Å². The number of aliphatic hydroxyl groups excluding tert-OH is 2. The summed E-state index contributed by atoms with van der Waals surface area (Å²) in [6.45, 7) is 2.29. The van der Waals surface area contributed by atoms with Gasteiger partial charge in [0.2, 0.25) is 0 Å². The summed E-state index contributed by atoms with van der Waals surface area (Å²) < 4.78 is 0. The normalized spacial score (nSPS) is 14.8. The zero-order valence-electron chi connectivity index (χ0n) is 14.7. The number of rotatable bonds is 10. The van der Waals surface area contributed by atoms with Gasteiger partial charge in [-0.25, -0.2) is 0 Å². The van der Waals surface area contributed by atoms with Gasteiger partial charge in [0.1, 0.15) is 0 Å². The van der Waals surface area contributed by atoms with Crippen molar-refractivity contribution in [3.63, 3.8) is 0 Å². The standard InChI is InChI=1S/C20H25Cl2NO2S/c1-2-18(13-26-11-10-24)23-19(14-6-8-16(21)9-7-14)20(25)15-4-3-5-17(22)12-15/h3-9,12,18-20,23-25H,2,10-11,13H2,1H3. The number of aliphatic hydroxyl groups is 2. The van der Waals surface area contributed by atoms with Crippen LogP contribution >= 0.6 is 35.0 Å². The molecule has 142 valence electrons. The van der Waals surface area contributed by atoms with Crippen LogP contribution in [0.3, 0.4) is 0 Å². The first kappa shape index (κ1) is 21.5. The zero-order chi connectivity index (χ0) is 18.9. The van der Waals surface area contributed by atoms with Gasteiger partial charge in [-0.15, -0.1) is 0 Å². The summed E-state index contributed by atoms with van der Waals surface area (Å²) in [7, 11) is 0. The van der Waals surface area contributed by atoms with Crippen molar-refractivity contribution in [2.24, 2.45) is 0 Å². The van der Waals surface area contributed by atoms with Gasteiger partial charge in [-0.3, -0.25) is 0 Å². The average Bonchev–Trinajstić information content (AvgIpc) is 2.65. The Bertz CT molecular complexity index is 669. The Morgan fingerprint density at radius 3 is 2.38 bits per heavy atom. The monoisotopic (exact) mass is 413 g/mol. The maximum Gasteiger partial charge on any atom is 0.0985 e. The molecule has 0 aliphatic carbocycles. The van der Waals surface area contributed by atoms with Crippen molar-refractivity contribution in [3.8, 4) is 0 Å². The molecule has 0 heterocycles. The van der Waals surface area contributed by atoms with Crippen molar-refractivity contribution in [2.45, 2.75) is 31.5 Å². The summed E-state index contributed by atoms with van der Waals surface area (Å²) in [5, 5.41) is 24.9. The Hall–Kier alpha value is -0.750. The lowest BCUT2D eigenvalue weighted by molar-refractivity contribution is 0.122. The third-order valence-corrected chi connectivity index (χ3v) is 5.79. The Morgan fingerprint density at radius 2 is 1.77 bits per heavy atom. The van der Waals surface area contributed by atoms with Crippen LogP contribution < -0.4 is 5.32 Å². The summed E-state index contributed by atoms with van der Waals surface area (Å²) >= 11 is 13.8. The largest absolute Gasteiger partial charge is 0.396 e. The third-order valence-electron chi connectivity index (χ3n) is 4.20. The highest BCUT2D eigenvalue weighted by Gasteiger charge is 2.25. The van der Waals surface area contributed by atoms with Gasteiger partial charge in [0, 0.05) is 27.6 Å². The molecule has 2 aromatic rings. The van der Waals surface area contributed by atoms with E-state index in [1.54, 1.807) is 23.9 Å². The molecule has 0 amide bonds. The van der Waals surface area contributed by atoms with Crippen molar-refractivity contribution < 1.29 is 10.2 Å². The number of hydrogen-bond donors (Lipinski definition) is 3. The second-order valence-electron chi connectivity index (χ2n) is 6.10. The fourth-order valence-corrected chi connectivity index (χ4v) is 3.99. The highest BCUT2D eigenvalue weighted by atomic mass is 35.5. The number of halogens is 2. The number of nitrogens with one attached hydrogen (secondary N) is 1. The summed E-state index contributed by atoms with van der Waals surface area (Å²) in [6, 6.07) is 14.8. The van der Waals surface area contributed by atoms with Crippen LogP contribution in [-0.4, -0.2) is 34.4 Å². The smallest absolute Gasteiger partial charge is 0.0985 e. The molecule has 26 heavy (non-hydrogen) atoms. The molecule has 3 N–H and O–H groups in total. The minimum Gasteiger partial charge on any atom is -0.396 e. The van der Waals surface area contributed by atoms with E-state index in [2.05, 4.69) is 12.2 Å². The Morgan fingerprint density at radius 1 is 1.04 bits per heavy atom. The molecule has 3 nitrogen and oxygen atoms in total. The second-order valence-corrected chi connectivity index (χ2v) is 8.12. The number of benzene rings is 2. The number of thioether (sulfide) groups is 1. The third kappa shape index (κ3) is 6.45. The van der Waals surface area contributed by atoms with E-state index >= 15 is 0 Å². The molecule has 0 saturated heterocycles. The van der Waals surface area contributed by atoms with Crippen LogP contribution in [0.15, 0.2) is 48.5 Å². The predicted molar refractivity (Wildman–Crippen MR) is 112 cm³/mol. The summed E-state index contributed by atoms with van der Waals surface area (Å²) in [5.41, 5.74) is 1.73. The Labute approximate surface area is 169 Å². The van der Waals surface area contributed by atoms with E-state index in [9.17, 15) is 5.11 Å². The van der Waals surface area contributed by atoms with Crippen LogP contribution in [0.25, 0.3) is 0 Å². The fraction of sp³-hybridized carbons (Fsp3) is 0.400. The Kier molecular flexibility index (Phi) is 9.26. The average molecular weight is 414 g/mol. The van der Waals surface area contributed by atoms with E-state index in [0.29, 0.717) is 15.8 Å². The van der Waals surface area contributed by atoms with E-state index in [-0.39, 0.29) is 18.7 Å². The maximum atomic E-state index is 11.0. The SMILES string of the molecule is CCC(CSCCO)NC(c1ccc(Cl)cc1)C(O)c1cccc(Cl)c1. The first-order chi connectivity index (χ1) is 12.5. The highest BCUT2D eigenvalue weighted by molar-refractivity contribution is 7.99. The molecule has 0 aromatic heterocycles. The summed E-state index contributed by atoms with van der Waals surface area (Å²) in [6.07, 6.45) is 0.178.